The lowest BCUT2D eigenvalue weighted by Gasteiger charge is -2.37. The molecule has 196 valence electrons. The van der Waals surface area contributed by atoms with Gasteiger partial charge in [-0.15, -0.1) is 0 Å². The third-order valence-electron chi connectivity index (χ3n) is 5.89. The largest absolute Gasteiger partial charge is 0.382 e. The fourth-order valence-electron chi connectivity index (χ4n) is 4.10. The molecule has 36 heavy (non-hydrogen) atoms. The van der Waals surface area contributed by atoms with Gasteiger partial charge in [0.2, 0.25) is 11.8 Å². The van der Waals surface area contributed by atoms with Crippen LogP contribution in [-0.2, 0) is 14.4 Å². The van der Waals surface area contributed by atoms with E-state index in [0.29, 0.717) is 11.1 Å². The molecule has 3 amide bonds. The number of hydrogen-bond acceptors (Lipinski definition) is 5. The van der Waals surface area contributed by atoms with E-state index in [1.807, 2.05) is 6.07 Å². The maximum absolute atomic E-state index is 13.6. The van der Waals surface area contributed by atoms with Crippen LogP contribution in [0, 0.1) is 23.1 Å². The predicted molar refractivity (Wildman–Crippen MR) is 133 cm³/mol. The maximum atomic E-state index is 13.6. The Balaban J connectivity index is 2.39. The number of nitrogens with zero attached hydrogens (tertiary/aromatic N) is 1. The third kappa shape index (κ3) is 7.35. The Labute approximate surface area is 211 Å². The molecular formula is C27H36FN3O5. The molecule has 0 aliphatic rings. The zero-order chi connectivity index (χ0) is 27.2. The van der Waals surface area contributed by atoms with Gasteiger partial charge in [0.1, 0.15) is 18.0 Å². The number of hydroxylamine groups is 2. The molecule has 5 N–H and O–H groups in total. The number of halogens is 1. The molecule has 0 saturated heterocycles. The van der Waals surface area contributed by atoms with E-state index in [1.54, 1.807) is 58.9 Å². The second-order valence-corrected chi connectivity index (χ2v) is 10.4. The Kier molecular flexibility index (Phi) is 9.72. The van der Waals surface area contributed by atoms with Crippen LogP contribution in [0.5, 0.6) is 0 Å². The van der Waals surface area contributed by atoms with E-state index < -0.39 is 53.1 Å². The molecular weight excluding hydrogens is 465 g/mol. The number of hydrogen-bond donors (Lipinski definition) is 4. The maximum Gasteiger partial charge on any atom is 0.276 e. The average Bonchev–Trinajstić information content (AvgIpc) is 2.80. The number of carbonyl (C=O) groups is 3. The SMILES string of the molecule is CC(C)CC(C(N)=O)[C@H](O)C(=O)N(O)[C@H](C(=O)NC(c1ccccc1)c1ccc(F)cc1)C(C)(C)C. The fourth-order valence-corrected chi connectivity index (χ4v) is 4.10. The molecule has 0 fully saturated rings. The Hall–Kier alpha value is -3.30. The molecule has 0 aliphatic heterocycles. The van der Waals surface area contributed by atoms with Gasteiger partial charge >= 0.3 is 0 Å². The Morgan fingerprint density at radius 3 is 2.00 bits per heavy atom. The normalized spacial score (nSPS) is 15.0. The van der Waals surface area contributed by atoms with Gasteiger partial charge < -0.3 is 16.2 Å². The molecule has 0 saturated carbocycles. The van der Waals surface area contributed by atoms with E-state index in [0.717, 1.165) is 0 Å². The third-order valence-corrected chi connectivity index (χ3v) is 5.89. The molecule has 0 bridgehead atoms. The fraction of sp³-hybridized carbons (Fsp3) is 0.444. The van der Waals surface area contributed by atoms with Gasteiger partial charge in [0.05, 0.1) is 12.0 Å². The Morgan fingerprint density at radius 1 is 1.00 bits per heavy atom. The van der Waals surface area contributed by atoms with Gasteiger partial charge in [-0.3, -0.25) is 19.6 Å². The topological polar surface area (TPSA) is 133 Å². The molecule has 0 aliphatic carbocycles. The van der Waals surface area contributed by atoms with E-state index in [-0.39, 0.29) is 17.4 Å². The molecule has 8 nitrogen and oxygen atoms in total. The molecule has 4 atom stereocenters. The van der Waals surface area contributed by atoms with Gasteiger partial charge in [-0.25, -0.2) is 9.45 Å². The van der Waals surface area contributed by atoms with Crippen molar-refractivity contribution in [3.8, 4) is 0 Å². The minimum absolute atomic E-state index is 0.0545. The summed E-state index contributed by atoms with van der Waals surface area (Å²) in [6.07, 6.45) is -1.79. The lowest BCUT2D eigenvalue weighted by Crippen LogP contribution is -2.58. The van der Waals surface area contributed by atoms with Crippen molar-refractivity contribution in [2.24, 2.45) is 23.0 Å². The zero-order valence-electron chi connectivity index (χ0n) is 21.3. The molecule has 0 aromatic heterocycles. The second kappa shape index (κ2) is 12.1. The minimum atomic E-state index is -1.92. The van der Waals surface area contributed by atoms with Gasteiger partial charge in [0.15, 0.2) is 0 Å². The number of nitrogens with one attached hydrogen (secondary N) is 1. The molecule has 2 aromatic rings. The number of benzene rings is 2. The lowest BCUT2D eigenvalue weighted by atomic mass is 9.84. The molecule has 2 unspecified atom stereocenters. The monoisotopic (exact) mass is 501 g/mol. The number of amides is 3. The molecule has 0 radical (unpaired) electrons. The summed E-state index contributed by atoms with van der Waals surface area (Å²) in [7, 11) is 0. The summed E-state index contributed by atoms with van der Waals surface area (Å²) >= 11 is 0. The summed E-state index contributed by atoms with van der Waals surface area (Å²) in [5.74, 6) is -4.50. The first-order valence-electron chi connectivity index (χ1n) is 11.8. The van der Waals surface area contributed by atoms with E-state index in [9.17, 15) is 29.1 Å². The highest BCUT2D eigenvalue weighted by atomic mass is 19.1. The zero-order valence-corrected chi connectivity index (χ0v) is 21.3. The number of carbonyl (C=O) groups excluding carboxylic acids is 3. The van der Waals surface area contributed by atoms with Crippen molar-refractivity contribution < 1.29 is 29.1 Å². The summed E-state index contributed by atoms with van der Waals surface area (Å²) in [6, 6.07) is 12.4. The van der Waals surface area contributed by atoms with Crippen LogP contribution in [-0.4, -0.2) is 45.2 Å². The highest BCUT2D eigenvalue weighted by molar-refractivity contribution is 5.92. The molecule has 9 heteroatoms. The van der Waals surface area contributed by atoms with Crippen LogP contribution in [0.1, 0.15) is 58.2 Å². The number of primary amides is 1. The van der Waals surface area contributed by atoms with Gasteiger partial charge in [-0.05, 0) is 41.0 Å². The molecule has 2 rings (SSSR count). The van der Waals surface area contributed by atoms with E-state index in [4.69, 9.17) is 5.73 Å². The minimum Gasteiger partial charge on any atom is -0.382 e. The first kappa shape index (κ1) is 28.9. The second-order valence-electron chi connectivity index (χ2n) is 10.4. The van der Waals surface area contributed by atoms with Crippen molar-refractivity contribution in [2.45, 2.75) is 59.2 Å². The van der Waals surface area contributed by atoms with Crippen molar-refractivity contribution in [2.75, 3.05) is 0 Å². The summed E-state index contributed by atoms with van der Waals surface area (Å²) in [6.45, 7) is 8.54. The van der Waals surface area contributed by atoms with E-state index in [2.05, 4.69) is 5.32 Å². The first-order valence-corrected chi connectivity index (χ1v) is 11.8. The van der Waals surface area contributed by atoms with Crippen LogP contribution in [0.15, 0.2) is 54.6 Å². The van der Waals surface area contributed by atoms with Gasteiger partial charge in [-0.1, -0.05) is 77.1 Å². The van der Waals surface area contributed by atoms with Gasteiger partial charge in [0.25, 0.3) is 5.91 Å². The van der Waals surface area contributed by atoms with E-state index in [1.165, 1.54) is 24.3 Å². The smallest absolute Gasteiger partial charge is 0.276 e. The Bertz CT molecular complexity index is 1040. The summed E-state index contributed by atoms with van der Waals surface area (Å²) < 4.78 is 13.5. The van der Waals surface area contributed by atoms with Crippen LogP contribution in [0.3, 0.4) is 0 Å². The van der Waals surface area contributed by atoms with Gasteiger partial charge in [0, 0.05) is 0 Å². The summed E-state index contributed by atoms with van der Waals surface area (Å²) in [4.78, 5) is 38.5. The first-order chi connectivity index (χ1) is 16.7. The Morgan fingerprint density at radius 2 is 1.53 bits per heavy atom. The highest BCUT2D eigenvalue weighted by Gasteiger charge is 2.43. The van der Waals surface area contributed by atoms with Crippen molar-refractivity contribution in [1.29, 1.82) is 0 Å². The highest BCUT2D eigenvalue weighted by Crippen LogP contribution is 2.29. The van der Waals surface area contributed by atoms with Crippen molar-refractivity contribution in [3.63, 3.8) is 0 Å². The van der Waals surface area contributed by atoms with Crippen LogP contribution in [0.2, 0.25) is 0 Å². The molecule has 0 heterocycles. The van der Waals surface area contributed by atoms with Crippen LogP contribution < -0.4 is 11.1 Å². The standard InChI is InChI=1S/C27H36FN3O5/c1-16(2)15-20(24(29)33)22(32)26(35)31(36)23(27(3,4)5)25(34)30-21(17-9-7-6-8-10-17)18-11-13-19(28)14-12-18/h6-14,16,20-23,32,36H,15H2,1-5H3,(H2,29,33)(H,30,34)/t20?,21?,22-,23+/m0/s1. The number of aliphatic hydroxyl groups is 1. The van der Waals surface area contributed by atoms with Crippen molar-refractivity contribution >= 4 is 17.7 Å². The quantitative estimate of drug-likeness (QED) is 0.293. The molecule has 0 spiro atoms. The van der Waals surface area contributed by atoms with Crippen LogP contribution in [0.4, 0.5) is 4.39 Å². The number of rotatable bonds is 10. The van der Waals surface area contributed by atoms with Crippen molar-refractivity contribution in [1.82, 2.24) is 10.4 Å². The van der Waals surface area contributed by atoms with Crippen LogP contribution >= 0.6 is 0 Å². The number of aliphatic hydroxyl groups excluding tert-OH is 1. The summed E-state index contributed by atoms with van der Waals surface area (Å²) in [5, 5.41) is 24.5. The summed E-state index contributed by atoms with van der Waals surface area (Å²) in [5.41, 5.74) is 5.71. The number of nitrogens with two attached hydrogens (primary N) is 1. The van der Waals surface area contributed by atoms with Gasteiger partial charge in [-0.2, -0.15) is 0 Å². The van der Waals surface area contributed by atoms with Crippen molar-refractivity contribution in [3.05, 3.63) is 71.5 Å². The average molecular weight is 502 g/mol. The van der Waals surface area contributed by atoms with Crippen LogP contribution in [0.25, 0.3) is 0 Å². The molecule has 2 aromatic carbocycles. The predicted octanol–water partition coefficient (Wildman–Crippen LogP) is 3.17. The lowest BCUT2D eigenvalue weighted by molar-refractivity contribution is -0.199. The van der Waals surface area contributed by atoms with E-state index >= 15 is 0 Å².